The van der Waals surface area contributed by atoms with Gasteiger partial charge in [-0.25, -0.2) is 9.13 Å². The number of carbonyl (C=O) groups excluding carboxylic acids is 4. The lowest BCUT2D eigenvalue weighted by Crippen LogP contribution is -2.30. The number of carbonyl (C=O) groups is 4. The molecule has 3 N–H and O–H groups in total. The molecule has 0 aromatic rings. The van der Waals surface area contributed by atoms with Gasteiger partial charge >= 0.3 is 39.5 Å². The van der Waals surface area contributed by atoms with E-state index in [1.54, 1.807) is 0 Å². The molecule has 0 aromatic carbocycles. The number of aliphatic hydroxyl groups excluding tert-OH is 1. The molecule has 17 nitrogen and oxygen atoms in total. The Hall–Kier alpha value is -5.58. The first-order valence-electron chi connectivity index (χ1n) is 40.4. The van der Waals surface area contributed by atoms with Crippen molar-refractivity contribution in [3.63, 3.8) is 0 Å². The average molecular weight is 1520 g/mol. The van der Waals surface area contributed by atoms with Crippen LogP contribution in [0, 0.1) is 0 Å². The van der Waals surface area contributed by atoms with Crippen molar-refractivity contribution in [1.82, 2.24) is 0 Å². The van der Waals surface area contributed by atoms with Gasteiger partial charge in [0.1, 0.15) is 19.3 Å². The lowest BCUT2D eigenvalue weighted by atomic mass is 10.0. The van der Waals surface area contributed by atoms with Crippen molar-refractivity contribution in [3.05, 3.63) is 170 Å². The van der Waals surface area contributed by atoms with Crippen molar-refractivity contribution in [2.45, 2.75) is 316 Å². The Bertz CT molecular complexity index is 2680. The SMILES string of the molecule is CC/C=C\C/C=C\C/C=C\C/C=C\C/C=C\C/C=C\CCC(=O)OCC(COP(=O)(O)OCC(O)COP(=O)(O)OCC(COC(=O)CCCCCCC/C=C\C/C=C\C/C=C\CC)OC(=O)CCCCCCCCCCCCCCCCC)OC(=O)CCC/C=C\C/C=C\C/C=C\C/C=C\C/C=C\CC. The zero-order valence-corrected chi connectivity index (χ0v) is 67.6. The van der Waals surface area contributed by atoms with E-state index in [-0.39, 0.29) is 25.7 Å². The number of ether oxygens (including phenoxy) is 4. The van der Waals surface area contributed by atoms with Crippen molar-refractivity contribution in [2.24, 2.45) is 0 Å². The second kappa shape index (κ2) is 77.6. The first-order chi connectivity index (χ1) is 51.7. The van der Waals surface area contributed by atoms with E-state index < -0.39 is 97.5 Å². The summed E-state index contributed by atoms with van der Waals surface area (Å²) in [4.78, 5) is 73.0. The molecule has 0 saturated carbocycles. The Kier molecular flexibility index (Phi) is 73.5. The van der Waals surface area contributed by atoms with Gasteiger partial charge in [0.05, 0.1) is 26.4 Å². The van der Waals surface area contributed by atoms with E-state index in [0.717, 1.165) is 141 Å². The number of rotatable bonds is 74. The number of unbranched alkanes of at least 4 members (excludes halogenated alkanes) is 20. The summed E-state index contributed by atoms with van der Waals surface area (Å²) in [5, 5.41) is 10.6. The number of phosphoric ester groups is 2. The second-order valence-corrected chi connectivity index (χ2v) is 29.1. The minimum Gasteiger partial charge on any atom is -0.462 e. The van der Waals surface area contributed by atoms with Crippen LogP contribution in [0.15, 0.2) is 170 Å². The van der Waals surface area contributed by atoms with Crippen LogP contribution in [0.4, 0.5) is 0 Å². The van der Waals surface area contributed by atoms with E-state index >= 15 is 0 Å². The molecule has 0 amide bonds. The zero-order chi connectivity index (χ0) is 77.4. The molecule has 0 aliphatic carbocycles. The zero-order valence-electron chi connectivity index (χ0n) is 65.8. The molecule has 0 rings (SSSR count). The van der Waals surface area contributed by atoms with E-state index in [1.807, 2.05) is 30.4 Å². The topological polar surface area (TPSA) is 237 Å². The third-order valence-electron chi connectivity index (χ3n) is 16.2. The maximum atomic E-state index is 13.1. The van der Waals surface area contributed by atoms with Crippen LogP contribution in [0.5, 0.6) is 0 Å². The van der Waals surface area contributed by atoms with Gasteiger partial charge in [-0.15, -0.1) is 0 Å². The van der Waals surface area contributed by atoms with E-state index in [1.165, 1.54) is 64.2 Å². The van der Waals surface area contributed by atoms with Crippen LogP contribution in [0.1, 0.15) is 297 Å². The van der Waals surface area contributed by atoms with Crippen LogP contribution < -0.4 is 0 Å². The lowest BCUT2D eigenvalue weighted by Gasteiger charge is -2.21. The highest BCUT2D eigenvalue weighted by Gasteiger charge is 2.30. The molecular formula is C87H142O17P2. The van der Waals surface area contributed by atoms with Gasteiger partial charge in [0, 0.05) is 25.7 Å². The normalized spacial score (nSPS) is 14.7. The second-order valence-electron chi connectivity index (χ2n) is 26.2. The lowest BCUT2D eigenvalue weighted by molar-refractivity contribution is -0.161. The summed E-state index contributed by atoms with van der Waals surface area (Å²) in [6.07, 6.45) is 92.1. The minimum absolute atomic E-state index is 0.00547. The fourth-order valence-corrected chi connectivity index (χ4v) is 11.8. The van der Waals surface area contributed by atoms with Gasteiger partial charge in [-0.3, -0.25) is 37.3 Å². The van der Waals surface area contributed by atoms with Crippen molar-refractivity contribution in [2.75, 3.05) is 39.6 Å². The molecule has 0 aliphatic rings. The van der Waals surface area contributed by atoms with E-state index in [2.05, 4.69) is 167 Å². The Labute approximate surface area is 642 Å². The van der Waals surface area contributed by atoms with Gasteiger partial charge in [0.2, 0.25) is 0 Å². The average Bonchev–Trinajstić information content (AvgIpc) is 0.902. The van der Waals surface area contributed by atoms with Gasteiger partial charge in [0.25, 0.3) is 0 Å². The molecule has 0 bridgehead atoms. The summed E-state index contributed by atoms with van der Waals surface area (Å²) in [7, 11) is -10.0. The summed E-state index contributed by atoms with van der Waals surface area (Å²) in [5.74, 6) is -2.37. The fourth-order valence-electron chi connectivity index (χ4n) is 10.2. The molecule has 0 aliphatic heterocycles. The number of phosphoric acid groups is 2. The Morgan fingerprint density at radius 3 is 0.849 bits per heavy atom. The molecule has 602 valence electrons. The monoisotopic (exact) mass is 1520 g/mol. The highest BCUT2D eigenvalue weighted by molar-refractivity contribution is 7.47. The third-order valence-corrected chi connectivity index (χ3v) is 18.1. The molecule has 0 spiro atoms. The van der Waals surface area contributed by atoms with Gasteiger partial charge in [-0.05, 0) is 135 Å². The summed E-state index contributed by atoms with van der Waals surface area (Å²) in [5.41, 5.74) is 0. The summed E-state index contributed by atoms with van der Waals surface area (Å²) >= 11 is 0. The highest BCUT2D eigenvalue weighted by atomic mass is 31.2. The largest absolute Gasteiger partial charge is 0.472 e. The maximum Gasteiger partial charge on any atom is 0.472 e. The fraction of sp³-hybridized carbons (Fsp3) is 0.632. The summed E-state index contributed by atoms with van der Waals surface area (Å²) in [6.45, 7) is 4.37. The van der Waals surface area contributed by atoms with Crippen molar-refractivity contribution in [1.29, 1.82) is 0 Å². The minimum atomic E-state index is -5.02. The molecule has 0 heterocycles. The van der Waals surface area contributed by atoms with Gasteiger partial charge in [-0.2, -0.15) is 0 Å². The van der Waals surface area contributed by atoms with E-state index in [9.17, 15) is 43.2 Å². The van der Waals surface area contributed by atoms with Crippen LogP contribution in [0.25, 0.3) is 0 Å². The number of esters is 4. The first-order valence-corrected chi connectivity index (χ1v) is 43.4. The predicted octanol–water partition coefficient (Wildman–Crippen LogP) is 23.8. The van der Waals surface area contributed by atoms with Crippen LogP contribution in [0.2, 0.25) is 0 Å². The Balaban J connectivity index is 5.51. The predicted molar refractivity (Wildman–Crippen MR) is 436 cm³/mol. The molecule has 0 fully saturated rings. The van der Waals surface area contributed by atoms with Crippen LogP contribution in [-0.4, -0.2) is 96.7 Å². The van der Waals surface area contributed by atoms with Crippen molar-refractivity contribution < 1.29 is 80.2 Å². The number of hydrogen-bond donors (Lipinski definition) is 3. The molecule has 0 saturated heterocycles. The molecule has 106 heavy (non-hydrogen) atoms. The van der Waals surface area contributed by atoms with E-state index in [0.29, 0.717) is 38.5 Å². The number of hydrogen-bond acceptors (Lipinski definition) is 15. The highest BCUT2D eigenvalue weighted by Crippen LogP contribution is 2.45. The molecule has 5 atom stereocenters. The van der Waals surface area contributed by atoms with Gasteiger partial charge in [-0.1, -0.05) is 307 Å². The number of allylic oxidation sites excluding steroid dienone is 28. The maximum absolute atomic E-state index is 13.1. The summed E-state index contributed by atoms with van der Waals surface area (Å²) < 4.78 is 68.5. The third kappa shape index (κ3) is 76.6. The molecule has 5 unspecified atom stereocenters. The summed E-state index contributed by atoms with van der Waals surface area (Å²) in [6, 6.07) is 0. The van der Waals surface area contributed by atoms with Gasteiger partial charge in [0.15, 0.2) is 12.2 Å². The molecule has 0 aromatic heterocycles. The van der Waals surface area contributed by atoms with Crippen molar-refractivity contribution >= 4 is 39.5 Å². The standard InChI is InChI=1S/C87H142O17P2/c1-5-9-13-17-21-25-29-33-37-39-40-42-45-48-52-56-60-64-68-72-85(90)98-78-83(104-87(92)74-70-66-62-58-54-50-46-41-38-34-30-26-22-18-14-10-6-2)80-102-106(95,96)100-76-81(88)75-99-105(93,94)101-79-82(103-86(91)73-69-65-61-57-53-49-44-36-32-28-24-20-16-12-8-4)77-97-84(89)71-67-63-59-55-51-47-43-35-31-27-23-19-15-11-7-3/h9-11,13-15,21-23,25-27,33-35,37-38,40,42-43,46,48,50,52,58,60,62,64,81-83,88H,5-8,12,16-20,24,28-32,36,39,41,44-45,47,49,51,53-57,59,61,63,65-80H2,1-4H3,(H,93,94)(H,95,96)/b13-9-,14-10-,15-11-,25-21-,26-22-,27-23-,37-33-,38-34-,42-40-,43-35-,50-46-,52-48-,62-58-,64-60-. The van der Waals surface area contributed by atoms with Crippen LogP contribution in [-0.2, 0) is 65.4 Å². The van der Waals surface area contributed by atoms with E-state index in [4.69, 9.17) is 37.0 Å². The molecule has 19 heteroatoms. The Morgan fingerprint density at radius 1 is 0.274 bits per heavy atom. The quantitative estimate of drug-likeness (QED) is 0.0169. The smallest absolute Gasteiger partial charge is 0.462 e. The molecular weight excluding hydrogens is 1380 g/mol. The molecule has 0 radical (unpaired) electrons. The first kappa shape index (κ1) is 100. The van der Waals surface area contributed by atoms with Gasteiger partial charge < -0.3 is 33.8 Å². The van der Waals surface area contributed by atoms with Crippen LogP contribution >= 0.6 is 15.6 Å². The van der Waals surface area contributed by atoms with Crippen molar-refractivity contribution in [3.8, 4) is 0 Å². The Morgan fingerprint density at radius 2 is 0.519 bits per heavy atom. The number of aliphatic hydroxyl groups is 1. The van der Waals surface area contributed by atoms with Crippen LogP contribution in [0.3, 0.4) is 0 Å².